The van der Waals surface area contributed by atoms with Gasteiger partial charge >= 0.3 is 6.03 Å². The SMILES string of the molecule is Cc1ccc(CNC(=O)N2Cc3c(C)nn(-c4ccccc4)c3-n3cccc3[C@H]2c2ccc(N(C)C)cc2)cc1. The average molecular weight is 531 g/mol. The van der Waals surface area contributed by atoms with Gasteiger partial charge in [-0.25, -0.2) is 9.48 Å². The number of amides is 2. The second-order valence-electron chi connectivity index (χ2n) is 10.6. The molecule has 7 heteroatoms. The van der Waals surface area contributed by atoms with Gasteiger partial charge in [-0.1, -0.05) is 60.2 Å². The van der Waals surface area contributed by atoms with Crippen LogP contribution in [0.5, 0.6) is 0 Å². The first kappa shape index (κ1) is 25.5. The maximum absolute atomic E-state index is 14.0. The largest absolute Gasteiger partial charge is 0.378 e. The monoisotopic (exact) mass is 530 g/mol. The first-order valence-corrected chi connectivity index (χ1v) is 13.6. The number of rotatable bonds is 5. The summed E-state index contributed by atoms with van der Waals surface area (Å²) in [5.41, 5.74) is 8.35. The molecule has 1 aliphatic heterocycles. The molecule has 6 rings (SSSR count). The van der Waals surface area contributed by atoms with E-state index in [4.69, 9.17) is 5.10 Å². The van der Waals surface area contributed by atoms with E-state index in [9.17, 15) is 4.79 Å². The molecule has 202 valence electrons. The Morgan fingerprint density at radius 1 is 0.925 bits per heavy atom. The molecule has 1 aliphatic rings. The number of hydrogen-bond acceptors (Lipinski definition) is 3. The highest BCUT2D eigenvalue weighted by Crippen LogP contribution is 2.38. The highest BCUT2D eigenvalue weighted by atomic mass is 16.2. The molecule has 2 amide bonds. The Hall–Kier alpha value is -4.78. The maximum atomic E-state index is 14.0. The van der Waals surface area contributed by atoms with Crippen molar-refractivity contribution in [2.75, 3.05) is 19.0 Å². The summed E-state index contributed by atoms with van der Waals surface area (Å²) in [5, 5.41) is 8.14. The van der Waals surface area contributed by atoms with Crippen molar-refractivity contribution in [3.63, 3.8) is 0 Å². The van der Waals surface area contributed by atoms with E-state index < -0.39 is 0 Å². The normalized spacial score (nSPS) is 14.3. The van der Waals surface area contributed by atoms with Gasteiger partial charge in [0.15, 0.2) is 0 Å². The molecule has 1 N–H and O–H groups in total. The van der Waals surface area contributed by atoms with E-state index in [-0.39, 0.29) is 12.1 Å². The van der Waals surface area contributed by atoms with Crippen molar-refractivity contribution in [3.05, 3.63) is 131 Å². The number of hydrogen-bond donors (Lipinski definition) is 1. The minimum atomic E-state index is -0.291. The van der Waals surface area contributed by atoms with E-state index in [0.29, 0.717) is 13.1 Å². The quantitative estimate of drug-likeness (QED) is 0.296. The molecule has 0 radical (unpaired) electrons. The second-order valence-corrected chi connectivity index (χ2v) is 10.6. The molecule has 0 spiro atoms. The summed E-state index contributed by atoms with van der Waals surface area (Å²) >= 11 is 0. The van der Waals surface area contributed by atoms with Gasteiger partial charge in [0.2, 0.25) is 0 Å². The van der Waals surface area contributed by atoms with Gasteiger partial charge in [0, 0.05) is 38.1 Å². The Labute approximate surface area is 235 Å². The van der Waals surface area contributed by atoms with Crippen LogP contribution in [0.25, 0.3) is 11.5 Å². The van der Waals surface area contributed by atoms with Crippen molar-refractivity contribution in [1.29, 1.82) is 0 Å². The van der Waals surface area contributed by atoms with E-state index >= 15 is 0 Å². The molecule has 5 aromatic rings. The number of benzene rings is 3. The van der Waals surface area contributed by atoms with Gasteiger partial charge in [-0.05, 0) is 61.4 Å². The Morgan fingerprint density at radius 3 is 2.35 bits per heavy atom. The van der Waals surface area contributed by atoms with Crippen LogP contribution >= 0.6 is 0 Å². The van der Waals surface area contributed by atoms with Crippen LogP contribution < -0.4 is 10.2 Å². The van der Waals surface area contributed by atoms with Crippen molar-refractivity contribution in [2.24, 2.45) is 0 Å². The predicted molar refractivity (Wildman–Crippen MR) is 159 cm³/mol. The van der Waals surface area contributed by atoms with Gasteiger partial charge in [-0.15, -0.1) is 0 Å². The number of nitrogens with one attached hydrogen (secondary N) is 1. The lowest BCUT2D eigenvalue weighted by atomic mass is 10.0. The molecule has 0 fully saturated rings. The maximum Gasteiger partial charge on any atom is 0.318 e. The third-order valence-electron chi connectivity index (χ3n) is 7.64. The summed E-state index contributed by atoms with van der Waals surface area (Å²) in [6.45, 7) is 4.97. The fourth-order valence-corrected chi connectivity index (χ4v) is 5.44. The molecule has 7 nitrogen and oxygen atoms in total. The summed E-state index contributed by atoms with van der Waals surface area (Å²) in [6.07, 6.45) is 2.07. The van der Waals surface area contributed by atoms with Crippen molar-refractivity contribution in [1.82, 2.24) is 24.6 Å². The third kappa shape index (κ3) is 4.64. The zero-order valence-corrected chi connectivity index (χ0v) is 23.4. The predicted octanol–water partition coefficient (Wildman–Crippen LogP) is 6.16. The highest BCUT2D eigenvalue weighted by molar-refractivity contribution is 5.76. The van der Waals surface area contributed by atoms with E-state index in [1.54, 1.807) is 0 Å². The fourth-order valence-electron chi connectivity index (χ4n) is 5.44. The van der Waals surface area contributed by atoms with Crippen LogP contribution in [-0.4, -0.2) is 39.4 Å². The van der Waals surface area contributed by atoms with Gasteiger partial charge in [0.25, 0.3) is 0 Å². The van der Waals surface area contributed by atoms with Crippen LogP contribution in [-0.2, 0) is 13.1 Å². The van der Waals surface area contributed by atoms with Gasteiger partial charge in [-0.2, -0.15) is 5.10 Å². The van der Waals surface area contributed by atoms with E-state index in [2.05, 4.69) is 94.6 Å². The van der Waals surface area contributed by atoms with Crippen LogP contribution in [0.1, 0.15) is 39.7 Å². The summed E-state index contributed by atoms with van der Waals surface area (Å²) in [5.74, 6) is 0.965. The molecule has 0 saturated carbocycles. The number of carbonyl (C=O) groups excluding carboxylic acids is 1. The molecule has 0 aliphatic carbocycles. The van der Waals surface area contributed by atoms with Crippen LogP contribution in [0, 0.1) is 13.8 Å². The molecular formula is C33H34N6O. The van der Waals surface area contributed by atoms with E-state index in [0.717, 1.165) is 45.3 Å². The number of para-hydroxylation sites is 1. The number of nitrogens with zero attached hydrogens (tertiary/aromatic N) is 5. The number of urea groups is 1. The minimum Gasteiger partial charge on any atom is -0.378 e. The van der Waals surface area contributed by atoms with Gasteiger partial charge in [0.1, 0.15) is 5.82 Å². The van der Waals surface area contributed by atoms with Crippen LogP contribution in [0.2, 0.25) is 0 Å². The lowest BCUT2D eigenvalue weighted by Crippen LogP contribution is -2.41. The molecular weight excluding hydrogens is 496 g/mol. The Morgan fingerprint density at radius 2 is 1.65 bits per heavy atom. The summed E-state index contributed by atoms with van der Waals surface area (Å²) < 4.78 is 4.19. The number of aromatic nitrogens is 3. The van der Waals surface area contributed by atoms with Crippen molar-refractivity contribution in [3.8, 4) is 11.5 Å². The lowest BCUT2D eigenvalue weighted by Gasteiger charge is -2.31. The standard InChI is InChI=1S/C33H34N6O/c1-23-12-14-25(15-13-23)21-34-33(40)38-22-29-24(2)35-39(28-9-6-5-7-10-28)32(29)37-20-8-11-30(37)31(38)26-16-18-27(19-17-26)36(3)4/h5-20,31H,21-22H2,1-4H3,(H,34,40)/t31-/m1/s1. The van der Waals surface area contributed by atoms with Crippen LogP contribution in [0.15, 0.2) is 97.2 Å². The average Bonchev–Trinajstić information content (AvgIpc) is 3.53. The third-order valence-corrected chi connectivity index (χ3v) is 7.64. The van der Waals surface area contributed by atoms with Gasteiger partial charge in [-0.3, -0.25) is 0 Å². The van der Waals surface area contributed by atoms with Crippen LogP contribution in [0.4, 0.5) is 10.5 Å². The zero-order valence-electron chi connectivity index (χ0n) is 23.4. The topological polar surface area (TPSA) is 58.3 Å². The van der Waals surface area contributed by atoms with Gasteiger partial charge < -0.3 is 19.7 Å². The molecule has 2 aromatic heterocycles. The summed E-state index contributed by atoms with van der Waals surface area (Å²) in [4.78, 5) is 18.1. The molecule has 0 unspecified atom stereocenters. The van der Waals surface area contributed by atoms with E-state index in [1.807, 2.05) is 54.9 Å². The van der Waals surface area contributed by atoms with Crippen LogP contribution in [0.3, 0.4) is 0 Å². The molecule has 0 bridgehead atoms. The lowest BCUT2D eigenvalue weighted by molar-refractivity contribution is 0.180. The number of carbonyl (C=O) groups is 1. The molecule has 3 aromatic carbocycles. The summed E-state index contributed by atoms with van der Waals surface area (Å²) in [7, 11) is 4.07. The Balaban J connectivity index is 1.46. The second kappa shape index (κ2) is 10.4. The van der Waals surface area contributed by atoms with Crippen molar-refractivity contribution in [2.45, 2.75) is 33.0 Å². The zero-order chi connectivity index (χ0) is 27.8. The minimum absolute atomic E-state index is 0.116. The molecule has 1 atom stereocenters. The smallest absolute Gasteiger partial charge is 0.318 e. The molecule has 0 saturated heterocycles. The number of anilines is 1. The number of fused-ring (bicyclic) bond motifs is 3. The Kier molecular flexibility index (Phi) is 6.64. The van der Waals surface area contributed by atoms with Crippen molar-refractivity contribution >= 4 is 11.7 Å². The molecule has 3 heterocycles. The van der Waals surface area contributed by atoms with Crippen molar-refractivity contribution < 1.29 is 4.79 Å². The fraction of sp³-hybridized carbons (Fsp3) is 0.212. The highest BCUT2D eigenvalue weighted by Gasteiger charge is 2.36. The first-order chi connectivity index (χ1) is 19.4. The number of aryl methyl sites for hydroxylation is 2. The summed E-state index contributed by atoms with van der Waals surface area (Å²) in [6, 6.07) is 30.7. The first-order valence-electron chi connectivity index (χ1n) is 13.6. The van der Waals surface area contributed by atoms with E-state index in [1.165, 1.54) is 5.56 Å². The van der Waals surface area contributed by atoms with Gasteiger partial charge in [0.05, 0.1) is 29.7 Å². The Bertz CT molecular complexity index is 1630. The molecule has 40 heavy (non-hydrogen) atoms.